The number of nitrogens with two attached hydrogens (primary N) is 1. The zero-order valence-corrected chi connectivity index (χ0v) is 11.4. The molecule has 1 aliphatic heterocycles. The number of carbonyl (C=O) groups excluding carboxylic acids is 1. The Labute approximate surface area is 112 Å². The van der Waals surface area contributed by atoms with Gasteiger partial charge in [-0.3, -0.25) is 4.79 Å². The number of hydrogen-bond donors (Lipinski definition) is 1. The molecule has 0 saturated carbocycles. The topological polar surface area (TPSA) is 59.2 Å². The van der Waals surface area contributed by atoms with Crippen molar-refractivity contribution < 1.29 is 4.79 Å². The fraction of sp³-hybridized carbons (Fsp3) is 0.538. The van der Waals surface area contributed by atoms with Crippen molar-refractivity contribution in [1.29, 1.82) is 0 Å². The summed E-state index contributed by atoms with van der Waals surface area (Å²) in [7, 11) is 0. The van der Waals surface area contributed by atoms with Crippen LogP contribution in [-0.4, -0.2) is 28.9 Å². The number of aromatic nitrogens is 1. The second-order valence-corrected chi connectivity index (χ2v) is 5.49. The Bertz CT molecular complexity index is 464. The largest absolute Gasteiger partial charge is 0.382 e. The fourth-order valence-electron chi connectivity index (χ4n) is 2.20. The molecule has 0 bridgehead atoms. The number of rotatable bonds is 1. The smallest absolute Gasteiger partial charge is 0.255 e. The van der Waals surface area contributed by atoms with E-state index in [-0.39, 0.29) is 11.7 Å². The third-order valence-electron chi connectivity index (χ3n) is 3.74. The maximum absolute atomic E-state index is 12.3. The van der Waals surface area contributed by atoms with E-state index in [0.717, 1.165) is 19.5 Å². The third-order valence-corrected chi connectivity index (χ3v) is 4.04. The Morgan fingerprint density at radius 2 is 2.22 bits per heavy atom. The molecule has 2 N–H and O–H groups in total. The van der Waals surface area contributed by atoms with Crippen LogP contribution in [0.3, 0.4) is 0 Å². The summed E-state index contributed by atoms with van der Waals surface area (Å²) in [4.78, 5) is 18.1. The molecule has 98 valence electrons. The van der Waals surface area contributed by atoms with Gasteiger partial charge in [-0.1, -0.05) is 25.4 Å². The number of piperidine rings is 1. The zero-order valence-electron chi connectivity index (χ0n) is 10.7. The average molecular weight is 268 g/mol. The number of hydrogen-bond acceptors (Lipinski definition) is 3. The maximum atomic E-state index is 12.3. The Hall–Kier alpha value is -1.29. The molecule has 1 saturated heterocycles. The minimum Gasteiger partial charge on any atom is -0.382 e. The first-order valence-electron chi connectivity index (χ1n) is 6.19. The van der Waals surface area contributed by atoms with Gasteiger partial charge in [-0.25, -0.2) is 4.98 Å². The molecule has 1 amide bonds. The number of pyridine rings is 1. The summed E-state index contributed by atoms with van der Waals surface area (Å²) in [5.41, 5.74) is 6.05. The van der Waals surface area contributed by atoms with E-state index in [9.17, 15) is 4.79 Å². The molecule has 0 aromatic carbocycles. The van der Waals surface area contributed by atoms with Gasteiger partial charge in [0.05, 0.1) is 10.6 Å². The van der Waals surface area contributed by atoms with Gasteiger partial charge in [-0.2, -0.15) is 0 Å². The van der Waals surface area contributed by atoms with Gasteiger partial charge >= 0.3 is 0 Å². The number of nitrogen functional groups attached to an aromatic ring is 1. The highest BCUT2D eigenvalue weighted by Crippen LogP contribution is 2.24. The Morgan fingerprint density at radius 3 is 2.83 bits per heavy atom. The summed E-state index contributed by atoms with van der Waals surface area (Å²) in [6.45, 7) is 6.00. The first-order valence-corrected chi connectivity index (χ1v) is 6.57. The van der Waals surface area contributed by atoms with E-state index in [4.69, 9.17) is 17.3 Å². The minimum absolute atomic E-state index is 0.0110. The van der Waals surface area contributed by atoms with Crippen molar-refractivity contribution in [3.63, 3.8) is 0 Å². The molecular weight excluding hydrogens is 250 g/mol. The molecule has 1 aliphatic rings. The van der Waals surface area contributed by atoms with E-state index in [1.165, 1.54) is 6.20 Å². The summed E-state index contributed by atoms with van der Waals surface area (Å²) < 4.78 is 0. The lowest BCUT2D eigenvalue weighted by atomic mass is 9.88. The Kier molecular flexibility index (Phi) is 3.76. The summed E-state index contributed by atoms with van der Waals surface area (Å²) >= 11 is 5.89. The number of carbonyl (C=O) groups is 1. The van der Waals surface area contributed by atoms with Crippen LogP contribution in [0.5, 0.6) is 0 Å². The molecule has 5 heteroatoms. The van der Waals surface area contributed by atoms with Crippen LogP contribution in [0.25, 0.3) is 0 Å². The standard InChI is InChI=1S/C13H18ClN3O/c1-8-3-4-17(7-9(8)2)13(18)10-5-11(14)12(15)16-6-10/h5-6,8-9H,3-4,7H2,1-2H3,(H2,15,16). The van der Waals surface area contributed by atoms with Gasteiger partial charge in [-0.15, -0.1) is 0 Å². The van der Waals surface area contributed by atoms with E-state index < -0.39 is 0 Å². The molecule has 18 heavy (non-hydrogen) atoms. The number of halogens is 1. The predicted molar refractivity (Wildman–Crippen MR) is 72.5 cm³/mol. The first-order chi connectivity index (χ1) is 8.49. The van der Waals surface area contributed by atoms with Crippen LogP contribution >= 0.6 is 11.6 Å². The zero-order chi connectivity index (χ0) is 13.3. The predicted octanol–water partition coefficient (Wildman–Crippen LogP) is 2.44. The number of anilines is 1. The van der Waals surface area contributed by atoms with Crippen molar-refractivity contribution in [2.75, 3.05) is 18.8 Å². The van der Waals surface area contributed by atoms with Crippen molar-refractivity contribution in [3.05, 3.63) is 22.8 Å². The van der Waals surface area contributed by atoms with Crippen LogP contribution in [0.4, 0.5) is 5.82 Å². The van der Waals surface area contributed by atoms with Gasteiger partial charge in [0, 0.05) is 19.3 Å². The third kappa shape index (κ3) is 2.58. The lowest BCUT2D eigenvalue weighted by Crippen LogP contribution is -2.42. The van der Waals surface area contributed by atoms with E-state index >= 15 is 0 Å². The molecule has 1 aromatic heterocycles. The van der Waals surface area contributed by atoms with Crippen molar-refractivity contribution in [3.8, 4) is 0 Å². The lowest BCUT2D eigenvalue weighted by Gasteiger charge is -2.35. The van der Waals surface area contributed by atoms with Gasteiger partial charge < -0.3 is 10.6 Å². The van der Waals surface area contributed by atoms with Crippen LogP contribution < -0.4 is 5.73 Å². The summed E-state index contributed by atoms with van der Waals surface area (Å²) in [6.07, 6.45) is 2.54. The Balaban J connectivity index is 2.14. The van der Waals surface area contributed by atoms with Crippen molar-refractivity contribution in [1.82, 2.24) is 9.88 Å². The molecule has 4 nitrogen and oxygen atoms in total. The van der Waals surface area contributed by atoms with Crippen molar-refractivity contribution in [2.45, 2.75) is 20.3 Å². The van der Waals surface area contributed by atoms with Gasteiger partial charge in [-0.05, 0) is 24.3 Å². The van der Waals surface area contributed by atoms with E-state index in [1.807, 2.05) is 4.90 Å². The van der Waals surface area contributed by atoms with Crippen LogP contribution in [0.2, 0.25) is 5.02 Å². The monoisotopic (exact) mass is 267 g/mol. The normalized spacial score (nSPS) is 24.1. The second-order valence-electron chi connectivity index (χ2n) is 5.09. The maximum Gasteiger partial charge on any atom is 0.255 e. The summed E-state index contributed by atoms with van der Waals surface area (Å²) in [5, 5.41) is 0.333. The lowest BCUT2D eigenvalue weighted by molar-refractivity contribution is 0.0627. The number of nitrogens with zero attached hydrogens (tertiary/aromatic N) is 2. The molecule has 0 spiro atoms. The average Bonchev–Trinajstić information content (AvgIpc) is 2.35. The van der Waals surface area contributed by atoms with Crippen LogP contribution in [0.15, 0.2) is 12.3 Å². The van der Waals surface area contributed by atoms with E-state index in [0.29, 0.717) is 22.4 Å². The molecule has 2 rings (SSSR count). The fourth-order valence-corrected chi connectivity index (χ4v) is 2.36. The molecule has 2 heterocycles. The number of amides is 1. The van der Waals surface area contributed by atoms with Gasteiger partial charge in [0.15, 0.2) is 0 Å². The quantitative estimate of drug-likeness (QED) is 0.850. The molecule has 2 atom stereocenters. The van der Waals surface area contributed by atoms with Crippen molar-refractivity contribution >= 4 is 23.3 Å². The second kappa shape index (κ2) is 5.14. The number of likely N-dealkylation sites (tertiary alicyclic amines) is 1. The highest BCUT2D eigenvalue weighted by Gasteiger charge is 2.26. The SMILES string of the molecule is CC1CCN(C(=O)c2cnc(N)c(Cl)c2)CC1C. The van der Waals surface area contributed by atoms with Crippen LogP contribution in [0, 0.1) is 11.8 Å². The van der Waals surface area contributed by atoms with Crippen LogP contribution in [-0.2, 0) is 0 Å². The molecule has 2 unspecified atom stereocenters. The van der Waals surface area contributed by atoms with Gasteiger partial charge in [0.25, 0.3) is 5.91 Å². The molecule has 0 aliphatic carbocycles. The molecule has 0 radical (unpaired) electrons. The highest BCUT2D eigenvalue weighted by molar-refractivity contribution is 6.33. The highest BCUT2D eigenvalue weighted by atomic mass is 35.5. The first kappa shape index (κ1) is 13.1. The molecule has 1 aromatic rings. The van der Waals surface area contributed by atoms with Gasteiger partial charge in [0.2, 0.25) is 0 Å². The summed E-state index contributed by atoms with van der Waals surface area (Å²) in [6, 6.07) is 1.59. The van der Waals surface area contributed by atoms with E-state index in [1.54, 1.807) is 6.07 Å². The minimum atomic E-state index is -0.0110. The molecule has 1 fully saturated rings. The Morgan fingerprint density at radius 1 is 1.50 bits per heavy atom. The van der Waals surface area contributed by atoms with Crippen LogP contribution in [0.1, 0.15) is 30.6 Å². The summed E-state index contributed by atoms with van der Waals surface area (Å²) in [5.74, 6) is 1.44. The van der Waals surface area contributed by atoms with Crippen molar-refractivity contribution in [2.24, 2.45) is 11.8 Å². The van der Waals surface area contributed by atoms with Gasteiger partial charge in [0.1, 0.15) is 5.82 Å². The van der Waals surface area contributed by atoms with E-state index in [2.05, 4.69) is 18.8 Å². The molecular formula is C13H18ClN3O.